The molecule has 1 aromatic rings. The van der Waals surface area contributed by atoms with Crippen molar-refractivity contribution in [1.29, 1.82) is 0 Å². The van der Waals surface area contributed by atoms with Crippen LogP contribution in [0.5, 0.6) is 0 Å². The Morgan fingerprint density at radius 3 is 3.19 bits per heavy atom. The molecule has 90 valence electrons. The molecular formula is C11H18ClN3O. The number of morpholine rings is 1. The Hall–Kier alpha value is -0.580. The second-order valence-corrected chi connectivity index (χ2v) is 4.45. The van der Waals surface area contributed by atoms with Crippen LogP contribution in [0, 0.1) is 0 Å². The van der Waals surface area contributed by atoms with Crippen LogP contribution in [0.3, 0.4) is 0 Å². The molecule has 4 nitrogen and oxygen atoms in total. The maximum absolute atomic E-state index is 5.80. The number of hydrogen-bond acceptors (Lipinski definition) is 3. The molecule has 1 unspecified atom stereocenters. The summed E-state index contributed by atoms with van der Waals surface area (Å²) in [6.07, 6.45) is 3.07. The SMILES string of the molecule is Cn1nccc1CCN1CCOC(CCl)C1. The van der Waals surface area contributed by atoms with Gasteiger partial charge in [0.1, 0.15) is 0 Å². The van der Waals surface area contributed by atoms with Crippen LogP contribution in [0.1, 0.15) is 5.69 Å². The fourth-order valence-corrected chi connectivity index (χ4v) is 2.18. The first kappa shape index (κ1) is 11.9. The molecule has 0 radical (unpaired) electrons. The Labute approximate surface area is 101 Å². The zero-order valence-electron chi connectivity index (χ0n) is 9.60. The molecular weight excluding hydrogens is 226 g/mol. The number of aromatic nitrogens is 2. The van der Waals surface area contributed by atoms with Gasteiger partial charge in [-0.05, 0) is 6.07 Å². The van der Waals surface area contributed by atoms with Gasteiger partial charge in [-0.2, -0.15) is 5.10 Å². The molecule has 1 saturated heterocycles. The summed E-state index contributed by atoms with van der Waals surface area (Å²) >= 11 is 5.80. The van der Waals surface area contributed by atoms with Crippen molar-refractivity contribution in [2.75, 3.05) is 32.1 Å². The number of alkyl halides is 1. The van der Waals surface area contributed by atoms with Crippen molar-refractivity contribution in [3.05, 3.63) is 18.0 Å². The van der Waals surface area contributed by atoms with Crippen molar-refractivity contribution in [2.24, 2.45) is 7.05 Å². The third-order valence-electron chi connectivity index (χ3n) is 3.00. The average Bonchev–Trinajstić information content (AvgIpc) is 2.72. The molecule has 1 atom stereocenters. The van der Waals surface area contributed by atoms with E-state index in [1.54, 1.807) is 0 Å². The van der Waals surface area contributed by atoms with E-state index in [0.717, 1.165) is 32.7 Å². The monoisotopic (exact) mass is 243 g/mol. The van der Waals surface area contributed by atoms with Crippen molar-refractivity contribution in [3.8, 4) is 0 Å². The number of ether oxygens (including phenoxy) is 1. The smallest absolute Gasteiger partial charge is 0.0837 e. The highest BCUT2D eigenvalue weighted by atomic mass is 35.5. The van der Waals surface area contributed by atoms with Crippen LogP contribution in [-0.2, 0) is 18.2 Å². The summed E-state index contributed by atoms with van der Waals surface area (Å²) in [5.41, 5.74) is 1.27. The van der Waals surface area contributed by atoms with Crippen LogP contribution < -0.4 is 0 Å². The van der Waals surface area contributed by atoms with Crippen molar-refractivity contribution >= 4 is 11.6 Å². The summed E-state index contributed by atoms with van der Waals surface area (Å²) in [5, 5.41) is 4.16. The fraction of sp³-hybridized carbons (Fsp3) is 0.727. The highest BCUT2D eigenvalue weighted by molar-refractivity contribution is 6.18. The van der Waals surface area contributed by atoms with Crippen molar-refractivity contribution in [2.45, 2.75) is 12.5 Å². The van der Waals surface area contributed by atoms with Gasteiger partial charge in [0.05, 0.1) is 12.7 Å². The van der Waals surface area contributed by atoms with Crippen LogP contribution in [0.15, 0.2) is 12.3 Å². The second kappa shape index (κ2) is 5.66. The van der Waals surface area contributed by atoms with E-state index in [2.05, 4.69) is 16.1 Å². The molecule has 1 aromatic heterocycles. The number of rotatable bonds is 4. The Morgan fingerprint density at radius 2 is 2.50 bits per heavy atom. The lowest BCUT2D eigenvalue weighted by Gasteiger charge is -2.31. The minimum absolute atomic E-state index is 0.196. The Bertz CT molecular complexity index is 329. The van der Waals surface area contributed by atoms with Gasteiger partial charge in [-0.1, -0.05) is 0 Å². The van der Waals surface area contributed by atoms with E-state index in [4.69, 9.17) is 16.3 Å². The van der Waals surface area contributed by atoms with E-state index in [1.807, 2.05) is 17.9 Å². The predicted molar refractivity (Wildman–Crippen MR) is 63.8 cm³/mol. The van der Waals surface area contributed by atoms with Crippen LogP contribution in [0.2, 0.25) is 0 Å². The molecule has 2 rings (SSSR count). The molecule has 0 bridgehead atoms. The standard InChI is InChI=1S/C11H18ClN3O/c1-14-10(2-4-13-14)3-5-15-6-7-16-11(8-12)9-15/h2,4,11H,3,5-9H2,1H3. The minimum Gasteiger partial charge on any atom is -0.374 e. The second-order valence-electron chi connectivity index (χ2n) is 4.14. The van der Waals surface area contributed by atoms with Crippen molar-refractivity contribution in [3.63, 3.8) is 0 Å². The fourth-order valence-electron chi connectivity index (χ4n) is 2.00. The highest BCUT2D eigenvalue weighted by Gasteiger charge is 2.19. The van der Waals surface area contributed by atoms with Crippen molar-refractivity contribution < 1.29 is 4.74 Å². The predicted octanol–water partition coefficient (Wildman–Crippen LogP) is 0.902. The van der Waals surface area contributed by atoms with Gasteiger partial charge in [-0.15, -0.1) is 11.6 Å². The van der Waals surface area contributed by atoms with Crippen LogP contribution in [0.4, 0.5) is 0 Å². The lowest BCUT2D eigenvalue weighted by Crippen LogP contribution is -2.44. The maximum atomic E-state index is 5.80. The maximum Gasteiger partial charge on any atom is 0.0837 e. The van der Waals surface area contributed by atoms with Crippen LogP contribution >= 0.6 is 11.6 Å². The topological polar surface area (TPSA) is 30.3 Å². The minimum atomic E-state index is 0.196. The van der Waals surface area contributed by atoms with Gasteiger partial charge >= 0.3 is 0 Å². The molecule has 0 amide bonds. The molecule has 1 fully saturated rings. The normalized spacial score (nSPS) is 22.5. The Morgan fingerprint density at radius 1 is 1.62 bits per heavy atom. The summed E-state index contributed by atoms with van der Waals surface area (Å²) < 4.78 is 7.46. The summed E-state index contributed by atoms with van der Waals surface area (Å²) in [7, 11) is 1.98. The lowest BCUT2D eigenvalue weighted by molar-refractivity contribution is -0.0160. The van der Waals surface area contributed by atoms with E-state index in [0.29, 0.717) is 5.88 Å². The van der Waals surface area contributed by atoms with Gasteiger partial charge < -0.3 is 4.74 Å². The zero-order chi connectivity index (χ0) is 11.4. The molecule has 0 saturated carbocycles. The van der Waals surface area contributed by atoms with Gasteiger partial charge in [0.15, 0.2) is 0 Å². The van der Waals surface area contributed by atoms with Crippen LogP contribution in [-0.4, -0.2) is 52.9 Å². The van der Waals surface area contributed by atoms with E-state index in [1.165, 1.54) is 5.69 Å². The quantitative estimate of drug-likeness (QED) is 0.737. The van der Waals surface area contributed by atoms with Crippen molar-refractivity contribution in [1.82, 2.24) is 14.7 Å². The summed E-state index contributed by atoms with van der Waals surface area (Å²) in [6, 6.07) is 2.07. The molecule has 1 aliphatic heterocycles. The van der Waals surface area contributed by atoms with Crippen LogP contribution in [0.25, 0.3) is 0 Å². The number of nitrogens with zero attached hydrogens (tertiary/aromatic N) is 3. The molecule has 16 heavy (non-hydrogen) atoms. The molecule has 0 spiro atoms. The van der Waals surface area contributed by atoms with E-state index >= 15 is 0 Å². The molecule has 1 aliphatic rings. The van der Waals surface area contributed by atoms with Gasteiger partial charge in [0.25, 0.3) is 0 Å². The first-order valence-corrected chi connectivity index (χ1v) is 6.20. The third-order valence-corrected chi connectivity index (χ3v) is 3.35. The first-order chi connectivity index (χ1) is 7.79. The van der Waals surface area contributed by atoms with Gasteiger partial charge in [-0.25, -0.2) is 0 Å². The summed E-state index contributed by atoms with van der Waals surface area (Å²) in [5.74, 6) is 0.586. The number of aryl methyl sites for hydroxylation is 1. The third kappa shape index (κ3) is 2.97. The van der Waals surface area contributed by atoms with E-state index in [9.17, 15) is 0 Å². The molecule has 0 aliphatic carbocycles. The van der Waals surface area contributed by atoms with E-state index in [-0.39, 0.29) is 6.10 Å². The number of halogens is 1. The molecule has 0 N–H and O–H groups in total. The Balaban J connectivity index is 1.79. The summed E-state index contributed by atoms with van der Waals surface area (Å²) in [6.45, 7) is 3.80. The number of hydrogen-bond donors (Lipinski definition) is 0. The average molecular weight is 244 g/mol. The molecule has 2 heterocycles. The molecule has 5 heteroatoms. The van der Waals surface area contributed by atoms with Gasteiger partial charge in [0, 0.05) is 50.9 Å². The molecule has 0 aromatic carbocycles. The summed E-state index contributed by atoms with van der Waals surface area (Å²) in [4.78, 5) is 2.41. The van der Waals surface area contributed by atoms with Gasteiger partial charge in [0.2, 0.25) is 0 Å². The highest BCUT2D eigenvalue weighted by Crippen LogP contribution is 2.08. The van der Waals surface area contributed by atoms with E-state index < -0.39 is 0 Å². The zero-order valence-corrected chi connectivity index (χ0v) is 10.4. The van der Waals surface area contributed by atoms with Gasteiger partial charge in [-0.3, -0.25) is 9.58 Å². The lowest BCUT2D eigenvalue weighted by atomic mass is 10.2. The first-order valence-electron chi connectivity index (χ1n) is 5.66. The Kier molecular flexibility index (Phi) is 4.21. The largest absolute Gasteiger partial charge is 0.374 e.